The minimum Gasteiger partial charge on any atom is -0.338 e. The van der Waals surface area contributed by atoms with Crippen molar-refractivity contribution in [2.75, 3.05) is 6.54 Å². The molecule has 0 bridgehead atoms. The molecular weight excluding hydrogens is 298 g/mol. The Kier molecular flexibility index (Phi) is 3.91. The molecule has 1 aliphatic heterocycles. The van der Waals surface area contributed by atoms with Crippen molar-refractivity contribution < 1.29 is 4.79 Å². The number of likely N-dealkylation sites (tertiary alicyclic amines) is 1. The minimum absolute atomic E-state index is 0.187. The number of amides is 1. The molecule has 1 saturated carbocycles. The van der Waals surface area contributed by atoms with Crippen molar-refractivity contribution in [1.29, 1.82) is 0 Å². The van der Waals surface area contributed by atoms with Crippen molar-refractivity contribution in [2.45, 2.75) is 51.6 Å². The van der Waals surface area contributed by atoms with Gasteiger partial charge < -0.3 is 4.90 Å². The lowest BCUT2D eigenvalue weighted by atomic mass is 10.1. The van der Waals surface area contributed by atoms with Gasteiger partial charge in [0.25, 0.3) is 0 Å². The highest BCUT2D eigenvalue weighted by Crippen LogP contribution is 2.49. The van der Waals surface area contributed by atoms with Crippen molar-refractivity contribution in [3.8, 4) is 0 Å². The quantitative estimate of drug-likeness (QED) is 0.866. The Balaban J connectivity index is 1.42. The molecule has 4 rings (SSSR count). The Morgan fingerprint density at radius 1 is 1.29 bits per heavy atom. The summed E-state index contributed by atoms with van der Waals surface area (Å²) in [7, 11) is 0. The molecule has 1 aliphatic carbocycles. The Morgan fingerprint density at radius 2 is 2.17 bits per heavy atom. The zero-order valence-electron chi connectivity index (χ0n) is 14.5. The topological polar surface area (TPSA) is 38.1 Å². The maximum Gasteiger partial charge on any atom is 0.226 e. The number of hydrogen-bond acceptors (Lipinski definition) is 2. The molecule has 0 radical (unpaired) electrons. The molecule has 1 aromatic heterocycles. The zero-order valence-corrected chi connectivity index (χ0v) is 14.5. The summed E-state index contributed by atoms with van der Waals surface area (Å²) in [6, 6.07) is 8.91. The molecule has 2 fully saturated rings. The van der Waals surface area contributed by atoms with Gasteiger partial charge >= 0.3 is 0 Å². The number of carbonyl (C=O) groups excluding carboxylic acids is 1. The molecule has 1 amide bonds. The van der Waals surface area contributed by atoms with Crippen molar-refractivity contribution >= 4 is 5.91 Å². The summed E-state index contributed by atoms with van der Waals surface area (Å²) in [4.78, 5) is 15.1. The third-order valence-corrected chi connectivity index (χ3v) is 5.40. The number of benzene rings is 1. The Labute approximate surface area is 143 Å². The smallest absolute Gasteiger partial charge is 0.226 e. The largest absolute Gasteiger partial charge is 0.338 e. The normalized spacial score (nSPS) is 25.9. The second-order valence-electron chi connectivity index (χ2n) is 7.43. The second-order valence-corrected chi connectivity index (χ2v) is 7.43. The average molecular weight is 323 g/mol. The Hall–Kier alpha value is -2.10. The molecule has 4 nitrogen and oxygen atoms in total. The predicted octanol–water partition coefficient (Wildman–Crippen LogP) is 3.29. The number of rotatable bonds is 4. The van der Waals surface area contributed by atoms with Gasteiger partial charge in [0, 0.05) is 18.7 Å². The van der Waals surface area contributed by atoms with Crippen molar-refractivity contribution in [3.63, 3.8) is 0 Å². The predicted molar refractivity (Wildman–Crippen MR) is 93.7 cm³/mol. The van der Waals surface area contributed by atoms with Crippen LogP contribution in [0.1, 0.15) is 41.9 Å². The third-order valence-electron chi connectivity index (χ3n) is 5.40. The zero-order chi connectivity index (χ0) is 16.7. The van der Waals surface area contributed by atoms with E-state index >= 15 is 0 Å². The van der Waals surface area contributed by atoms with Crippen LogP contribution < -0.4 is 0 Å². The summed E-state index contributed by atoms with van der Waals surface area (Å²) in [5.41, 5.74) is 3.78. The van der Waals surface area contributed by atoms with Gasteiger partial charge in [-0.15, -0.1) is 0 Å². The van der Waals surface area contributed by atoms with E-state index in [-0.39, 0.29) is 5.92 Å². The molecule has 2 heterocycles. The molecule has 2 aromatic rings. The maximum absolute atomic E-state index is 13.0. The van der Waals surface area contributed by atoms with Crippen LogP contribution in [0.25, 0.3) is 0 Å². The fraction of sp³-hybridized carbons (Fsp3) is 0.500. The lowest BCUT2D eigenvalue weighted by Crippen LogP contribution is -2.39. The van der Waals surface area contributed by atoms with Crippen LogP contribution in [0.4, 0.5) is 0 Å². The summed E-state index contributed by atoms with van der Waals surface area (Å²) < 4.78 is 1.98. The summed E-state index contributed by atoms with van der Waals surface area (Å²) >= 11 is 0. The molecule has 0 N–H and O–H groups in total. The number of carbonyl (C=O) groups is 1. The lowest BCUT2D eigenvalue weighted by Gasteiger charge is -2.25. The van der Waals surface area contributed by atoms with E-state index in [2.05, 4.69) is 54.3 Å². The van der Waals surface area contributed by atoms with Gasteiger partial charge in [0.05, 0.1) is 18.8 Å². The Morgan fingerprint density at radius 3 is 2.92 bits per heavy atom. The van der Waals surface area contributed by atoms with Gasteiger partial charge in [-0.1, -0.05) is 29.8 Å². The Bertz CT molecular complexity index is 751. The van der Waals surface area contributed by atoms with E-state index in [0.29, 0.717) is 17.9 Å². The van der Waals surface area contributed by atoms with Crippen LogP contribution in [0, 0.1) is 19.8 Å². The van der Waals surface area contributed by atoms with Gasteiger partial charge in [-0.25, -0.2) is 0 Å². The summed E-state index contributed by atoms with van der Waals surface area (Å²) in [5, 5.41) is 4.38. The average Bonchev–Trinajstić information content (AvgIpc) is 3.06. The van der Waals surface area contributed by atoms with E-state index in [1.807, 2.05) is 10.9 Å². The molecule has 126 valence electrons. The highest BCUT2D eigenvalue weighted by atomic mass is 16.2. The van der Waals surface area contributed by atoms with Crippen molar-refractivity contribution in [1.82, 2.24) is 14.7 Å². The number of hydrogen-bond donors (Lipinski definition) is 0. The number of aromatic nitrogens is 2. The van der Waals surface area contributed by atoms with Crippen LogP contribution in [-0.2, 0) is 11.3 Å². The van der Waals surface area contributed by atoms with Crippen LogP contribution >= 0.6 is 0 Å². The van der Waals surface area contributed by atoms with E-state index < -0.39 is 0 Å². The van der Waals surface area contributed by atoms with E-state index in [1.165, 1.54) is 16.7 Å². The third kappa shape index (κ3) is 2.97. The lowest BCUT2D eigenvalue weighted by molar-refractivity contribution is -0.133. The van der Waals surface area contributed by atoms with E-state index in [9.17, 15) is 4.79 Å². The minimum atomic E-state index is 0.187. The van der Waals surface area contributed by atoms with E-state index in [4.69, 9.17) is 0 Å². The molecule has 4 heteroatoms. The monoisotopic (exact) mass is 323 g/mol. The van der Waals surface area contributed by atoms with Crippen LogP contribution in [0.3, 0.4) is 0 Å². The first-order valence-electron chi connectivity index (χ1n) is 8.98. The second kappa shape index (κ2) is 6.08. The standard InChI is InChI=1S/C20H25N3O/c1-14-5-3-6-16(9-14)18-10-19(18)20(24)23-8-4-7-17(23)13-22-12-15(2)11-21-22/h3,5-6,9,11-12,17-19H,4,7-8,10,13H2,1-2H3. The van der Waals surface area contributed by atoms with Gasteiger partial charge in [-0.05, 0) is 50.2 Å². The highest BCUT2D eigenvalue weighted by molar-refractivity contribution is 5.83. The molecule has 1 aromatic carbocycles. The van der Waals surface area contributed by atoms with E-state index in [0.717, 1.165) is 32.4 Å². The first-order valence-corrected chi connectivity index (χ1v) is 8.98. The molecule has 1 saturated heterocycles. The fourth-order valence-electron chi connectivity index (χ4n) is 4.05. The molecule has 0 spiro atoms. The van der Waals surface area contributed by atoms with Gasteiger partial charge in [0.15, 0.2) is 0 Å². The first kappa shape index (κ1) is 15.4. The van der Waals surface area contributed by atoms with E-state index in [1.54, 1.807) is 0 Å². The van der Waals surface area contributed by atoms with Gasteiger partial charge in [0.2, 0.25) is 5.91 Å². The maximum atomic E-state index is 13.0. The summed E-state index contributed by atoms with van der Waals surface area (Å²) in [6.07, 6.45) is 7.15. The molecular formula is C20H25N3O. The number of nitrogens with zero attached hydrogens (tertiary/aromatic N) is 3. The van der Waals surface area contributed by atoms with Gasteiger partial charge in [-0.2, -0.15) is 5.10 Å². The van der Waals surface area contributed by atoms with Gasteiger partial charge in [-0.3, -0.25) is 9.48 Å². The number of aryl methyl sites for hydroxylation is 2. The van der Waals surface area contributed by atoms with Crippen molar-refractivity contribution in [2.24, 2.45) is 5.92 Å². The van der Waals surface area contributed by atoms with Crippen LogP contribution in [0.5, 0.6) is 0 Å². The summed E-state index contributed by atoms with van der Waals surface area (Å²) in [5.74, 6) is 0.963. The van der Waals surface area contributed by atoms with Crippen LogP contribution in [-0.4, -0.2) is 33.2 Å². The SMILES string of the molecule is Cc1cccc(C2CC2C(=O)N2CCCC2Cn2cc(C)cn2)c1. The molecule has 2 aliphatic rings. The van der Waals surface area contributed by atoms with Crippen LogP contribution in [0.15, 0.2) is 36.7 Å². The summed E-state index contributed by atoms with van der Waals surface area (Å²) in [6.45, 7) is 5.89. The molecule has 3 unspecified atom stereocenters. The molecule has 3 atom stereocenters. The van der Waals surface area contributed by atoms with Gasteiger partial charge in [0.1, 0.15) is 0 Å². The first-order chi connectivity index (χ1) is 11.6. The fourth-order valence-corrected chi connectivity index (χ4v) is 4.05. The van der Waals surface area contributed by atoms with Crippen LogP contribution in [0.2, 0.25) is 0 Å². The highest BCUT2D eigenvalue weighted by Gasteiger charge is 2.47. The molecule has 24 heavy (non-hydrogen) atoms. The van der Waals surface area contributed by atoms with Crippen molar-refractivity contribution in [3.05, 3.63) is 53.3 Å².